The maximum Gasteiger partial charge on any atom is 0.0647 e. The first kappa shape index (κ1) is 7.55. The predicted molar refractivity (Wildman–Crippen MR) is 43.2 cm³/mol. The topological polar surface area (TPSA) is 12.9 Å². The van der Waals surface area contributed by atoms with Crippen LogP contribution in [0.2, 0.25) is 0 Å². The molecule has 1 nitrogen and oxygen atoms in total. The van der Waals surface area contributed by atoms with Gasteiger partial charge in [0.05, 0.1) is 11.6 Å². The normalized spacial score (nSPS) is 9.80. The van der Waals surface area contributed by atoms with Crippen molar-refractivity contribution in [2.45, 2.75) is 19.2 Å². The fraction of sp³-hybridized carbons (Fsp3) is 0.375. The minimum absolute atomic E-state index is 0.508. The van der Waals surface area contributed by atoms with Gasteiger partial charge in [-0.1, -0.05) is 6.92 Å². The molecule has 0 fully saturated rings. The number of hydrogen-bond acceptors (Lipinski definition) is 1. The number of nitrogens with zero attached hydrogens (tertiary/aromatic N) is 1. The second kappa shape index (κ2) is 3.57. The lowest BCUT2D eigenvalue weighted by Crippen LogP contribution is -1.87. The average Bonchev–Trinajstić information content (AvgIpc) is 2.05. The van der Waals surface area contributed by atoms with E-state index in [9.17, 15) is 0 Å². The molecule has 0 aromatic carbocycles. The highest BCUT2D eigenvalue weighted by Gasteiger charge is 1.91. The summed E-state index contributed by atoms with van der Waals surface area (Å²) in [5, 5.41) is 0. The van der Waals surface area contributed by atoms with Gasteiger partial charge >= 0.3 is 0 Å². The van der Waals surface area contributed by atoms with Crippen LogP contribution in [0.4, 0.5) is 0 Å². The van der Waals surface area contributed by atoms with Gasteiger partial charge in [0.25, 0.3) is 0 Å². The molecular weight excluding hydrogens is 146 g/mol. The number of aromatic nitrogens is 1. The highest BCUT2D eigenvalue weighted by molar-refractivity contribution is 6.16. The first-order valence-corrected chi connectivity index (χ1v) is 3.90. The lowest BCUT2D eigenvalue weighted by atomic mass is 10.2. The van der Waals surface area contributed by atoms with E-state index in [1.165, 1.54) is 5.56 Å². The van der Waals surface area contributed by atoms with Crippen LogP contribution < -0.4 is 0 Å². The highest BCUT2D eigenvalue weighted by atomic mass is 35.5. The summed E-state index contributed by atoms with van der Waals surface area (Å²) < 4.78 is 0. The molecule has 0 aliphatic rings. The molecule has 0 saturated heterocycles. The van der Waals surface area contributed by atoms with Gasteiger partial charge in [0.1, 0.15) is 0 Å². The van der Waals surface area contributed by atoms with Gasteiger partial charge < -0.3 is 0 Å². The van der Waals surface area contributed by atoms with E-state index in [0.717, 1.165) is 12.1 Å². The third kappa shape index (κ3) is 1.71. The van der Waals surface area contributed by atoms with Crippen LogP contribution in [0.3, 0.4) is 0 Å². The van der Waals surface area contributed by atoms with E-state index < -0.39 is 0 Å². The first-order chi connectivity index (χ1) is 4.86. The number of pyridine rings is 1. The van der Waals surface area contributed by atoms with E-state index in [0.29, 0.717) is 5.88 Å². The zero-order valence-corrected chi connectivity index (χ0v) is 6.73. The Labute approximate surface area is 66.0 Å². The van der Waals surface area contributed by atoms with E-state index >= 15 is 0 Å². The Bertz CT molecular complexity index is 191. The molecule has 0 spiro atoms. The minimum atomic E-state index is 0.508. The summed E-state index contributed by atoms with van der Waals surface area (Å²) in [6.07, 6.45) is 2.85. The quantitative estimate of drug-likeness (QED) is 0.598. The summed E-state index contributed by atoms with van der Waals surface area (Å²) in [5.41, 5.74) is 2.26. The number of halogens is 1. The molecule has 0 bridgehead atoms. The van der Waals surface area contributed by atoms with Gasteiger partial charge in [-0.05, 0) is 24.1 Å². The smallest absolute Gasteiger partial charge is 0.0647 e. The van der Waals surface area contributed by atoms with Crippen molar-refractivity contribution in [3.8, 4) is 0 Å². The average molecular weight is 156 g/mol. The Morgan fingerprint density at radius 2 is 2.40 bits per heavy atom. The van der Waals surface area contributed by atoms with Crippen LogP contribution in [0.5, 0.6) is 0 Å². The molecule has 0 saturated carbocycles. The van der Waals surface area contributed by atoms with Crippen molar-refractivity contribution in [1.29, 1.82) is 0 Å². The van der Waals surface area contributed by atoms with Crippen LogP contribution in [0, 0.1) is 0 Å². The molecule has 1 aromatic heterocycles. The van der Waals surface area contributed by atoms with Crippen LogP contribution in [0.15, 0.2) is 18.3 Å². The molecule has 0 amide bonds. The van der Waals surface area contributed by atoms with Crippen molar-refractivity contribution in [2.75, 3.05) is 0 Å². The van der Waals surface area contributed by atoms with E-state index in [1.807, 2.05) is 12.1 Å². The number of rotatable bonds is 2. The zero-order chi connectivity index (χ0) is 7.40. The highest BCUT2D eigenvalue weighted by Crippen LogP contribution is 2.04. The molecule has 54 valence electrons. The van der Waals surface area contributed by atoms with Crippen molar-refractivity contribution in [2.24, 2.45) is 0 Å². The fourth-order valence-corrected chi connectivity index (χ4v) is 0.967. The largest absolute Gasteiger partial charge is 0.260 e. The molecule has 2 heteroatoms. The van der Waals surface area contributed by atoms with Gasteiger partial charge in [-0.25, -0.2) is 0 Å². The Hall–Kier alpha value is -0.560. The predicted octanol–water partition coefficient (Wildman–Crippen LogP) is 2.38. The summed E-state index contributed by atoms with van der Waals surface area (Å²) in [6.45, 7) is 2.12. The number of hydrogen-bond donors (Lipinski definition) is 0. The summed E-state index contributed by atoms with van der Waals surface area (Å²) in [7, 11) is 0. The van der Waals surface area contributed by atoms with E-state index in [4.69, 9.17) is 11.6 Å². The van der Waals surface area contributed by atoms with Crippen molar-refractivity contribution in [3.05, 3.63) is 29.6 Å². The van der Waals surface area contributed by atoms with E-state index in [-0.39, 0.29) is 0 Å². The Morgan fingerprint density at radius 3 is 3.00 bits per heavy atom. The van der Waals surface area contributed by atoms with Crippen LogP contribution >= 0.6 is 11.6 Å². The first-order valence-electron chi connectivity index (χ1n) is 3.36. The third-order valence-electron chi connectivity index (χ3n) is 1.43. The zero-order valence-electron chi connectivity index (χ0n) is 5.97. The molecule has 0 N–H and O–H groups in total. The van der Waals surface area contributed by atoms with Crippen LogP contribution in [-0.2, 0) is 12.3 Å². The summed E-state index contributed by atoms with van der Waals surface area (Å²) in [5.74, 6) is 0.508. The maximum atomic E-state index is 5.59. The van der Waals surface area contributed by atoms with Gasteiger partial charge in [-0.2, -0.15) is 0 Å². The number of alkyl halides is 1. The molecule has 1 heterocycles. The molecule has 1 aromatic rings. The second-order valence-corrected chi connectivity index (χ2v) is 2.41. The molecule has 0 atom stereocenters. The van der Waals surface area contributed by atoms with Gasteiger partial charge in [0, 0.05) is 6.20 Å². The van der Waals surface area contributed by atoms with Crippen LogP contribution in [-0.4, -0.2) is 4.98 Å². The van der Waals surface area contributed by atoms with E-state index in [2.05, 4.69) is 11.9 Å². The Balaban J connectivity index is 2.87. The molecule has 1 rings (SSSR count). The molecule has 0 radical (unpaired) electrons. The van der Waals surface area contributed by atoms with Gasteiger partial charge in [0.15, 0.2) is 0 Å². The lowest BCUT2D eigenvalue weighted by Gasteiger charge is -1.96. The van der Waals surface area contributed by atoms with Gasteiger partial charge in [-0.15, -0.1) is 11.6 Å². The van der Waals surface area contributed by atoms with Gasteiger partial charge in [-0.3, -0.25) is 4.98 Å². The van der Waals surface area contributed by atoms with Crippen molar-refractivity contribution < 1.29 is 0 Å². The lowest BCUT2D eigenvalue weighted by molar-refractivity contribution is 1.08. The SMILES string of the molecule is CCc1ccnc(CCl)c1. The summed E-state index contributed by atoms with van der Waals surface area (Å²) >= 11 is 5.59. The summed E-state index contributed by atoms with van der Waals surface area (Å²) in [6, 6.07) is 4.04. The van der Waals surface area contributed by atoms with Crippen LogP contribution in [0.1, 0.15) is 18.2 Å². The van der Waals surface area contributed by atoms with Gasteiger partial charge in [0.2, 0.25) is 0 Å². The van der Waals surface area contributed by atoms with Crippen molar-refractivity contribution >= 4 is 11.6 Å². The Kier molecular flexibility index (Phi) is 2.69. The molecular formula is C8H10ClN. The van der Waals surface area contributed by atoms with Crippen molar-refractivity contribution in [3.63, 3.8) is 0 Å². The monoisotopic (exact) mass is 155 g/mol. The molecule has 0 aliphatic carbocycles. The third-order valence-corrected chi connectivity index (χ3v) is 1.70. The standard InChI is InChI=1S/C8H10ClN/c1-2-7-3-4-10-8(5-7)6-9/h3-5H,2,6H2,1H3. The molecule has 10 heavy (non-hydrogen) atoms. The van der Waals surface area contributed by atoms with Crippen molar-refractivity contribution in [1.82, 2.24) is 4.98 Å². The minimum Gasteiger partial charge on any atom is -0.260 e. The molecule has 0 aliphatic heterocycles. The molecule has 0 unspecified atom stereocenters. The van der Waals surface area contributed by atoms with Crippen LogP contribution in [0.25, 0.3) is 0 Å². The summed E-state index contributed by atoms with van der Waals surface area (Å²) in [4.78, 5) is 4.07. The number of aryl methyl sites for hydroxylation is 1. The maximum absolute atomic E-state index is 5.59. The second-order valence-electron chi connectivity index (χ2n) is 2.14. The van der Waals surface area contributed by atoms with E-state index in [1.54, 1.807) is 6.20 Å². The fourth-order valence-electron chi connectivity index (χ4n) is 0.821. The Morgan fingerprint density at radius 1 is 1.60 bits per heavy atom.